The Bertz CT molecular complexity index is 865. The molecule has 5 heteroatoms. The number of nitrogens with zero attached hydrogens (tertiary/aromatic N) is 2. The van der Waals surface area contributed by atoms with Crippen LogP contribution in [0.3, 0.4) is 0 Å². The number of rotatable bonds is 1. The van der Waals surface area contributed by atoms with Gasteiger partial charge in [-0.2, -0.15) is 5.10 Å². The quantitative estimate of drug-likeness (QED) is 0.552. The Kier molecular flexibility index (Phi) is 6.00. The summed E-state index contributed by atoms with van der Waals surface area (Å²) < 4.78 is 27.8. The first-order valence-electron chi connectivity index (χ1n) is 9.14. The molecule has 0 amide bonds. The molecular formula is C22H24F2N2S. The third kappa shape index (κ3) is 3.79. The van der Waals surface area contributed by atoms with E-state index in [0.717, 1.165) is 31.7 Å². The lowest BCUT2D eigenvalue weighted by atomic mass is 9.98. The third-order valence-corrected chi connectivity index (χ3v) is 6.36. The summed E-state index contributed by atoms with van der Waals surface area (Å²) >= 11 is 1.54. The van der Waals surface area contributed by atoms with Crippen LogP contribution in [0, 0.1) is 11.6 Å². The smallest absolute Gasteiger partial charge is 0.134 e. The van der Waals surface area contributed by atoms with Gasteiger partial charge in [0, 0.05) is 12.6 Å². The van der Waals surface area contributed by atoms with Gasteiger partial charge in [0.25, 0.3) is 0 Å². The van der Waals surface area contributed by atoms with Crippen LogP contribution in [0.2, 0.25) is 0 Å². The van der Waals surface area contributed by atoms with E-state index in [1.54, 1.807) is 17.8 Å². The van der Waals surface area contributed by atoms with Crippen LogP contribution >= 0.6 is 11.8 Å². The summed E-state index contributed by atoms with van der Waals surface area (Å²) in [5.41, 5.74) is 2.81. The Morgan fingerprint density at radius 2 is 1.93 bits per heavy atom. The summed E-state index contributed by atoms with van der Waals surface area (Å²) in [5, 5.41) is 7.06. The van der Waals surface area contributed by atoms with Gasteiger partial charge in [0.2, 0.25) is 0 Å². The molecule has 1 atom stereocenters. The molecule has 4 rings (SSSR count). The van der Waals surface area contributed by atoms with Gasteiger partial charge in [-0.25, -0.2) is 8.78 Å². The van der Waals surface area contributed by atoms with E-state index in [0.29, 0.717) is 5.04 Å². The zero-order chi connectivity index (χ0) is 19.4. The number of hydrogen-bond acceptors (Lipinski definition) is 3. The Balaban J connectivity index is 0.000000659. The van der Waals surface area contributed by atoms with Crippen molar-refractivity contribution in [3.8, 4) is 0 Å². The fourth-order valence-corrected chi connectivity index (χ4v) is 5.09. The van der Waals surface area contributed by atoms with E-state index in [1.165, 1.54) is 23.3 Å². The van der Waals surface area contributed by atoms with Crippen molar-refractivity contribution in [2.24, 2.45) is 5.10 Å². The minimum Gasteiger partial charge on any atom is -0.278 e. The normalized spacial score (nSPS) is 21.0. The van der Waals surface area contributed by atoms with Gasteiger partial charge in [-0.15, -0.1) is 6.58 Å². The molecule has 1 heterocycles. The molecule has 1 spiro atoms. The Hall–Kier alpha value is -2.14. The molecular weight excluding hydrogens is 362 g/mol. The molecule has 0 bridgehead atoms. The van der Waals surface area contributed by atoms with Gasteiger partial charge in [0.1, 0.15) is 21.5 Å². The zero-order valence-electron chi connectivity index (χ0n) is 15.7. The van der Waals surface area contributed by atoms with Crippen LogP contribution in [-0.4, -0.2) is 17.1 Å². The molecule has 2 aromatic rings. The second-order valence-corrected chi connectivity index (χ2v) is 7.98. The number of thioether (sulfide) groups is 1. The standard InChI is InChI=1S/C19H18F2N2S.C3H6/c1-23-19(11-5-4-7-13-6-2-3-8-16(13)19)24-18(22-23)15-12-14(20)9-10-17(15)21;1-3-2/h2-3,6,8-10,12H,4-5,7,11H2,1H3;3H,1H2,2H3. The summed E-state index contributed by atoms with van der Waals surface area (Å²) in [7, 11) is 1.93. The SMILES string of the molecule is C=CC.CN1N=C(c2cc(F)ccc2F)SC12CCCCc1ccccc12. The molecule has 1 aliphatic carbocycles. The van der Waals surface area contributed by atoms with Crippen molar-refractivity contribution in [1.82, 2.24) is 5.01 Å². The summed E-state index contributed by atoms with van der Waals surface area (Å²) in [6.45, 7) is 5.25. The lowest BCUT2D eigenvalue weighted by Crippen LogP contribution is -2.34. The van der Waals surface area contributed by atoms with Gasteiger partial charge in [-0.05, 0) is 61.9 Å². The molecule has 0 aromatic heterocycles. The minimum absolute atomic E-state index is 0.241. The molecule has 1 aliphatic heterocycles. The molecule has 1 unspecified atom stereocenters. The third-order valence-electron chi connectivity index (χ3n) is 4.84. The molecule has 0 fully saturated rings. The van der Waals surface area contributed by atoms with Crippen LogP contribution in [0.15, 0.2) is 60.2 Å². The predicted molar refractivity (Wildman–Crippen MR) is 110 cm³/mol. The van der Waals surface area contributed by atoms with Crippen LogP contribution in [0.1, 0.15) is 42.9 Å². The van der Waals surface area contributed by atoms with Crippen molar-refractivity contribution >= 4 is 16.8 Å². The van der Waals surface area contributed by atoms with Gasteiger partial charge in [-0.1, -0.05) is 42.1 Å². The number of halogens is 2. The Labute approximate surface area is 164 Å². The maximum absolute atomic E-state index is 14.2. The topological polar surface area (TPSA) is 15.6 Å². The van der Waals surface area contributed by atoms with Crippen molar-refractivity contribution in [2.75, 3.05) is 7.05 Å². The molecule has 0 radical (unpaired) electrons. The summed E-state index contributed by atoms with van der Waals surface area (Å²) in [6, 6.07) is 11.9. The van der Waals surface area contributed by atoms with Gasteiger partial charge < -0.3 is 0 Å². The summed E-state index contributed by atoms with van der Waals surface area (Å²) in [6.07, 6.45) is 5.96. The van der Waals surface area contributed by atoms with E-state index in [9.17, 15) is 8.78 Å². The zero-order valence-corrected chi connectivity index (χ0v) is 16.5. The Morgan fingerprint density at radius 1 is 1.19 bits per heavy atom. The van der Waals surface area contributed by atoms with Crippen LogP contribution in [0.4, 0.5) is 8.78 Å². The maximum Gasteiger partial charge on any atom is 0.134 e. The summed E-state index contributed by atoms with van der Waals surface area (Å²) in [4.78, 5) is -0.332. The van der Waals surface area contributed by atoms with E-state index in [1.807, 2.05) is 25.0 Å². The van der Waals surface area contributed by atoms with E-state index >= 15 is 0 Å². The highest BCUT2D eigenvalue weighted by Crippen LogP contribution is 2.52. The molecule has 27 heavy (non-hydrogen) atoms. The average molecular weight is 387 g/mol. The van der Waals surface area contributed by atoms with Gasteiger partial charge in [0.15, 0.2) is 0 Å². The van der Waals surface area contributed by atoms with Crippen LogP contribution in [-0.2, 0) is 11.3 Å². The van der Waals surface area contributed by atoms with E-state index in [4.69, 9.17) is 0 Å². The Morgan fingerprint density at radius 3 is 2.70 bits per heavy atom. The average Bonchev–Trinajstić information content (AvgIpc) is 2.87. The van der Waals surface area contributed by atoms with Crippen molar-refractivity contribution in [3.63, 3.8) is 0 Å². The highest BCUT2D eigenvalue weighted by atomic mass is 32.2. The first kappa shape index (κ1) is 19.6. The molecule has 142 valence electrons. The first-order valence-corrected chi connectivity index (χ1v) is 9.96. The van der Waals surface area contributed by atoms with Crippen molar-refractivity contribution < 1.29 is 8.78 Å². The number of aryl methyl sites for hydroxylation is 1. The second-order valence-electron chi connectivity index (χ2n) is 6.71. The van der Waals surface area contributed by atoms with Crippen molar-refractivity contribution in [2.45, 2.75) is 37.5 Å². The number of allylic oxidation sites excluding steroid dienone is 1. The summed E-state index contributed by atoms with van der Waals surface area (Å²) in [5.74, 6) is -0.880. The van der Waals surface area contributed by atoms with Crippen LogP contribution in [0.25, 0.3) is 0 Å². The highest BCUT2D eigenvalue weighted by Gasteiger charge is 2.45. The van der Waals surface area contributed by atoms with Gasteiger partial charge in [-0.3, -0.25) is 5.01 Å². The number of benzene rings is 2. The van der Waals surface area contributed by atoms with Crippen LogP contribution in [0.5, 0.6) is 0 Å². The minimum atomic E-state index is -0.445. The maximum atomic E-state index is 14.2. The van der Waals surface area contributed by atoms with Crippen molar-refractivity contribution in [1.29, 1.82) is 0 Å². The molecule has 0 saturated heterocycles. The predicted octanol–water partition coefficient (Wildman–Crippen LogP) is 6.08. The van der Waals surface area contributed by atoms with Crippen molar-refractivity contribution in [3.05, 3.63) is 83.4 Å². The first-order chi connectivity index (χ1) is 13.0. The van der Waals surface area contributed by atoms with E-state index in [2.05, 4.69) is 29.9 Å². The number of hydrogen-bond donors (Lipinski definition) is 0. The fourth-order valence-electron chi connectivity index (χ4n) is 3.61. The number of fused-ring (bicyclic) bond motifs is 2. The molecule has 0 saturated carbocycles. The van der Waals surface area contributed by atoms with Gasteiger partial charge >= 0.3 is 0 Å². The largest absolute Gasteiger partial charge is 0.278 e. The molecule has 2 aromatic carbocycles. The lowest BCUT2D eigenvalue weighted by Gasteiger charge is -2.35. The van der Waals surface area contributed by atoms with Gasteiger partial charge in [0.05, 0.1) is 0 Å². The molecule has 2 nitrogen and oxygen atoms in total. The highest BCUT2D eigenvalue weighted by molar-refractivity contribution is 8.15. The molecule has 2 aliphatic rings. The van der Waals surface area contributed by atoms with Crippen LogP contribution < -0.4 is 0 Å². The van der Waals surface area contributed by atoms with E-state index < -0.39 is 11.6 Å². The number of hydrazone groups is 1. The van der Waals surface area contributed by atoms with E-state index in [-0.39, 0.29) is 10.4 Å². The monoisotopic (exact) mass is 386 g/mol. The molecule has 0 N–H and O–H groups in total. The second kappa shape index (κ2) is 8.26. The lowest BCUT2D eigenvalue weighted by molar-refractivity contribution is 0.215. The fraction of sp³-hybridized carbons (Fsp3) is 0.318.